The summed E-state index contributed by atoms with van der Waals surface area (Å²) in [7, 11) is 0. The Morgan fingerprint density at radius 1 is 1.77 bits per heavy atom. The van der Waals surface area contributed by atoms with Crippen LogP contribution in [0.2, 0.25) is 0 Å². The first kappa shape index (κ1) is 9.47. The molecule has 0 amide bonds. The fraction of sp³-hybridized carbons (Fsp3) is 0.250. The number of nitrogens with one attached hydrogen (secondary N) is 1. The second-order valence-corrected chi connectivity index (χ2v) is 2.43. The summed E-state index contributed by atoms with van der Waals surface area (Å²) in [5, 5.41) is 0. The van der Waals surface area contributed by atoms with Crippen LogP contribution in [0.25, 0.3) is 0 Å². The third kappa shape index (κ3) is 2.41. The smallest absolute Gasteiger partial charge is 0.240 e. The lowest BCUT2D eigenvalue weighted by atomic mass is 10.4. The van der Waals surface area contributed by atoms with Crippen LogP contribution in [-0.2, 0) is 0 Å². The van der Waals surface area contributed by atoms with E-state index in [4.69, 9.17) is 10.6 Å². The lowest BCUT2D eigenvalue weighted by molar-refractivity contribution is 0.345. The number of hydrogen-bond donors (Lipinski definition) is 2. The Morgan fingerprint density at radius 2 is 2.54 bits per heavy atom. The van der Waals surface area contributed by atoms with E-state index in [1.165, 1.54) is 0 Å². The summed E-state index contributed by atoms with van der Waals surface area (Å²) in [5.74, 6) is 6.00. The van der Waals surface area contributed by atoms with Crippen LogP contribution in [0.3, 0.4) is 0 Å². The first-order chi connectivity index (χ1) is 6.27. The van der Waals surface area contributed by atoms with Gasteiger partial charge in [0.15, 0.2) is 0 Å². The van der Waals surface area contributed by atoms with Crippen LogP contribution >= 0.6 is 0 Å². The molecule has 0 fully saturated rings. The van der Waals surface area contributed by atoms with Crippen LogP contribution in [0.5, 0.6) is 5.88 Å². The Bertz CT molecular complexity index is 300. The lowest BCUT2D eigenvalue weighted by Gasteiger charge is -2.06. The molecule has 0 saturated carbocycles. The molecular weight excluding hydrogens is 168 g/mol. The van der Waals surface area contributed by atoms with E-state index in [1.807, 2.05) is 6.92 Å². The maximum Gasteiger partial charge on any atom is 0.240 e. The Labute approximate surface area is 76.6 Å². The lowest BCUT2D eigenvalue weighted by Crippen LogP contribution is -2.11. The van der Waals surface area contributed by atoms with E-state index in [0.29, 0.717) is 18.4 Å². The highest BCUT2D eigenvalue weighted by molar-refractivity contribution is 5.31. The van der Waals surface area contributed by atoms with Crippen molar-refractivity contribution < 1.29 is 4.74 Å². The molecular formula is C8H12N4O. The molecule has 0 aliphatic rings. The maximum atomic E-state index is 5.26. The normalized spacial score (nSPS) is 9.38. The number of anilines is 1. The Morgan fingerprint density at radius 3 is 3.15 bits per heavy atom. The van der Waals surface area contributed by atoms with Gasteiger partial charge in [0, 0.05) is 11.8 Å². The van der Waals surface area contributed by atoms with Gasteiger partial charge < -0.3 is 4.74 Å². The number of hydrazine groups is 1. The third-order valence-corrected chi connectivity index (χ3v) is 1.39. The molecule has 13 heavy (non-hydrogen) atoms. The topological polar surface area (TPSA) is 73.1 Å². The minimum atomic E-state index is 0.338. The van der Waals surface area contributed by atoms with Crippen LogP contribution in [0.4, 0.5) is 5.95 Å². The van der Waals surface area contributed by atoms with E-state index in [-0.39, 0.29) is 0 Å². The van der Waals surface area contributed by atoms with Gasteiger partial charge in [-0.3, -0.25) is 5.43 Å². The van der Waals surface area contributed by atoms with E-state index in [0.717, 1.165) is 5.56 Å². The molecule has 0 spiro atoms. The molecule has 70 valence electrons. The highest BCUT2D eigenvalue weighted by Gasteiger charge is 2.02. The largest absolute Gasteiger partial charge is 0.473 e. The van der Waals surface area contributed by atoms with Crippen molar-refractivity contribution in [2.75, 3.05) is 12.0 Å². The van der Waals surface area contributed by atoms with Gasteiger partial charge in [-0.25, -0.2) is 10.8 Å². The molecule has 0 bridgehead atoms. The van der Waals surface area contributed by atoms with Crippen LogP contribution in [0, 0.1) is 6.92 Å². The number of aryl methyl sites for hydroxylation is 1. The summed E-state index contributed by atoms with van der Waals surface area (Å²) in [6.45, 7) is 5.82. The molecule has 0 unspecified atom stereocenters. The van der Waals surface area contributed by atoms with E-state index < -0.39 is 0 Å². The Kier molecular flexibility index (Phi) is 3.22. The molecule has 0 radical (unpaired) electrons. The number of nitrogens with two attached hydrogens (primary N) is 1. The van der Waals surface area contributed by atoms with Crippen LogP contribution in [0.15, 0.2) is 18.9 Å². The first-order valence-electron chi connectivity index (χ1n) is 3.82. The zero-order chi connectivity index (χ0) is 9.68. The summed E-state index contributed by atoms with van der Waals surface area (Å²) >= 11 is 0. The number of rotatable bonds is 4. The van der Waals surface area contributed by atoms with Gasteiger partial charge in [0.25, 0.3) is 0 Å². The number of nitrogens with zero attached hydrogens (tertiary/aromatic N) is 2. The van der Waals surface area contributed by atoms with Crippen molar-refractivity contribution in [1.82, 2.24) is 9.97 Å². The Hall–Kier alpha value is -1.62. The summed E-state index contributed by atoms with van der Waals surface area (Å²) in [6.07, 6.45) is 3.29. The van der Waals surface area contributed by atoms with Gasteiger partial charge in [-0.05, 0) is 6.92 Å². The number of nitrogen functional groups attached to an aromatic ring is 1. The summed E-state index contributed by atoms with van der Waals surface area (Å²) in [5.41, 5.74) is 3.20. The molecule has 5 heteroatoms. The van der Waals surface area contributed by atoms with Crippen molar-refractivity contribution in [3.05, 3.63) is 24.4 Å². The molecule has 1 aromatic rings. The van der Waals surface area contributed by atoms with Crippen molar-refractivity contribution >= 4 is 5.95 Å². The van der Waals surface area contributed by atoms with Crippen molar-refractivity contribution in [3.8, 4) is 5.88 Å². The minimum Gasteiger partial charge on any atom is -0.473 e. The van der Waals surface area contributed by atoms with Gasteiger partial charge in [-0.15, -0.1) is 0 Å². The molecule has 1 rings (SSSR count). The van der Waals surface area contributed by atoms with E-state index in [1.54, 1.807) is 12.3 Å². The van der Waals surface area contributed by atoms with E-state index >= 15 is 0 Å². The highest BCUT2D eigenvalue weighted by Crippen LogP contribution is 2.14. The van der Waals surface area contributed by atoms with Gasteiger partial charge >= 0.3 is 0 Å². The molecule has 0 atom stereocenters. The average Bonchev–Trinajstić information content (AvgIpc) is 2.17. The second-order valence-electron chi connectivity index (χ2n) is 2.43. The third-order valence-electron chi connectivity index (χ3n) is 1.39. The SMILES string of the molecule is C=CCOc1nc(NN)ncc1C. The van der Waals surface area contributed by atoms with Gasteiger partial charge in [0.05, 0.1) is 0 Å². The quantitative estimate of drug-likeness (QED) is 0.404. The molecule has 5 nitrogen and oxygen atoms in total. The van der Waals surface area contributed by atoms with Gasteiger partial charge in [-0.1, -0.05) is 12.7 Å². The number of aromatic nitrogens is 2. The maximum absolute atomic E-state index is 5.26. The molecule has 0 aromatic carbocycles. The van der Waals surface area contributed by atoms with Crippen molar-refractivity contribution in [2.45, 2.75) is 6.92 Å². The predicted octanol–water partition coefficient (Wildman–Crippen LogP) is 0.635. The summed E-state index contributed by atoms with van der Waals surface area (Å²) in [6, 6.07) is 0. The average molecular weight is 180 g/mol. The zero-order valence-electron chi connectivity index (χ0n) is 7.45. The van der Waals surface area contributed by atoms with E-state index in [9.17, 15) is 0 Å². The van der Waals surface area contributed by atoms with Crippen molar-refractivity contribution in [3.63, 3.8) is 0 Å². The van der Waals surface area contributed by atoms with Crippen LogP contribution < -0.4 is 16.0 Å². The second kappa shape index (κ2) is 4.42. The van der Waals surface area contributed by atoms with Crippen LogP contribution in [-0.4, -0.2) is 16.6 Å². The molecule has 1 heterocycles. The molecule has 3 N–H and O–H groups in total. The summed E-state index contributed by atoms with van der Waals surface area (Å²) < 4.78 is 5.26. The number of hydrogen-bond acceptors (Lipinski definition) is 5. The first-order valence-corrected chi connectivity index (χ1v) is 3.82. The Balaban J connectivity index is 2.83. The van der Waals surface area contributed by atoms with Crippen LogP contribution in [0.1, 0.15) is 5.56 Å². The predicted molar refractivity (Wildman–Crippen MR) is 50.3 cm³/mol. The van der Waals surface area contributed by atoms with Crippen molar-refractivity contribution in [1.29, 1.82) is 0 Å². The molecule has 0 saturated heterocycles. The molecule has 0 aliphatic carbocycles. The van der Waals surface area contributed by atoms with Gasteiger partial charge in [0.1, 0.15) is 6.61 Å². The summed E-state index contributed by atoms with van der Waals surface area (Å²) in [4.78, 5) is 7.92. The fourth-order valence-corrected chi connectivity index (χ4v) is 0.780. The van der Waals surface area contributed by atoms with Crippen molar-refractivity contribution in [2.24, 2.45) is 5.84 Å². The molecule has 1 aromatic heterocycles. The highest BCUT2D eigenvalue weighted by atomic mass is 16.5. The standard InChI is InChI=1S/C8H12N4O/c1-3-4-13-7-6(2)5-10-8(11-7)12-9/h3,5H,1,4,9H2,2H3,(H,10,11,12). The van der Waals surface area contributed by atoms with Gasteiger partial charge in [-0.2, -0.15) is 4.98 Å². The zero-order valence-corrected chi connectivity index (χ0v) is 7.45. The fourth-order valence-electron chi connectivity index (χ4n) is 0.780. The number of ether oxygens (including phenoxy) is 1. The van der Waals surface area contributed by atoms with Gasteiger partial charge in [0.2, 0.25) is 11.8 Å². The minimum absolute atomic E-state index is 0.338. The van der Waals surface area contributed by atoms with E-state index in [2.05, 4.69) is 22.0 Å². The monoisotopic (exact) mass is 180 g/mol. The molecule has 0 aliphatic heterocycles.